The molecule has 0 fully saturated rings. The van der Waals surface area contributed by atoms with Crippen LogP contribution in [0.4, 0.5) is 0 Å². The largest absolute Gasteiger partial charge is 0.472 e. The van der Waals surface area contributed by atoms with Crippen LogP contribution in [0.3, 0.4) is 0 Å². The lowest BCUT2D eigenvalue weighted by Gasteiger charge is -2.21. The van der Waals surface area contributed by atoms with Crippen LogP contribution in [0.25, 0.3) is 0 Å². The summed E-state index contributed by atoms with van der Waals surface area (Å²) >= 11 is 0. The third kappa shape index (κ3) is 56.1. The molecule has 0 radical (unpaired) electrons. The minimum Gasteiger partial charge on any atom is -0.462 e. The van der Waals surface area contributed by atoms with Gasteiger partial charge < -0.3 is 24.2 Å². The molecule has 3 atom stereocenters. The Bertz CT molecular complexity index is 1860. The number of phosphoric acid groups is 1. The fourth-order valence-electron chi connectivity index (χ4n) is 7.33. The van der Waals surface area contributed by atoms with Gasteiger partial charge in [-0.15, -0.1) is 0 Å². The smallest absolute Gasteiger partial charge is 0.462 e. The molecule has 440 valence electrons. The van der Waals surface area contributed by atoms with Crippen molar-refractivity contribution < 1.29 is 52.2 Å². The van der Waals surface area contributed by atoms with Crippen LogP contribution in [-0.2, 0) is 42.2 Å². The number of esters is 3. The van der Waals surface area contributed by atoms with E-state index in [0.29, 0.717) is 19.3 Å². The van der Waals surface area contributed by atoms with E-state index in [1.54, 1.807) is 0 Å². The highest BCUT2D eigenvalue weighted by Crippen LogP contribution is 2.43. The highest BCUT2D eigenvalue weighted by Gasteiger charge is 2.28. The van der Waals surface area contributed by atoms with Crippen molar-refractivity contribution in [3.63, 3.8) is 0 Å². The Hall–Kier alpha value is -4.64. The SMILES string of the molecule is CC/C=C\C/C=C\C/C=C\C/C=C\CCCCCCCCC(=O)OC(COC(=O)CCCC/C=C\C/C=C\C/C=C\C/C=C\CC)COP(=O)(O)OCC(CO)OC(=O)CCCCCC/C=C\C/C=C\C/C=C\C/C=C\CC. The van der Waals surface area contributed by atoms with Crippen LogP contribution >= 0.6 is 7.82 Å². The van der Waals surface area contributed by atoms with Gasteiger partial charge in [-0.25, -0.2) is 4.57 Å². The zero-order valence-electron chi connectivity index (χ0n) is 48.6. The van der Waals surface area contributed by atoms with Gasteiger partial charge in [0.2, 0.25) is 0 Å². The average molecular weight is 1110 g/mol. The maximum absolute atomic E-state index is 12.9. The summed E-state index contributed by atoms with van der Waals surface area (Å²) in [5.74, 6) is -1.57. The van der Waals surface area contributed by atoms with E-state index in [1.165, 1.54) is 0 Å². The summed E-state index contributed by atoms with van der Waals surface area (Å²) < 4.78 is 39.5. The molecule has 78 heavy (non-hydrogen) atoms. The summed E-state index contributed by atoms with van der Waals surface area (Å²) in [6, 6.07) is 0. The predicted octanol–water partition coefficient (Wildman–Crippen LogP) is 17.9. The number of carbonyl (C=O) groups is 3. The normalized spacial score (nSPS) is 14.4. The fraction of sp³-hybridized carbons (Fsp3) is 0.591. The summed E-state index contributed by atoms with van der Waals surface area (Å²) in [4.78, 5) is 48.6. The molecule has 0 spiro atoms. The lowest BCUT2D eigenvalue weighted by atomic mass is 10.1. The van der Waals surface area contributed by atoms with Crippen LogP contribution < -0.4 is 0 Å². The summed E-state index contributed by atoms with van der Waals surface area (Å²) in [5, 5.41) is 9.83. The van der Waals surface area contributed by atoms with Gasteiger partial charge >= 0.3 is 25.7 Å². The molecular weight excluding hydrogens is 1000 g/mol. The maximum Gasteiger partial charge on any atom is 0.472 e. The second-order valence-corrected chi connectivity index (χ2v) is 20.5. The Balaban J connectivity index is 4.84. The lowest BCUT2D eigenvalue weighted by Crippen LogP contribution is -2.30. The van der Waals surface area contributed by atoms with Crippen molar-refractivity contribution in [3.8, 4) is 0 Å². The van der Waals surface area contributed by atoms with E-state index in [4.69, 9.17) is 23.3 Å². The van der Waals surface area contributed by atoms with Gasteiger partial charge in [-0.3, -0.25) is 23.4 Å². The topological polar surface area (TPSA) is 155 Å². The Kier molecular flexibility index (Phi) is 55.0. The second kappa shape index (κ2) is 58.5. The number of aliphatic hydroxyl groups is 1. The van der Waals surface area contributed by atoms with Gasteiger partial charge in [-0.2, -0.15) is 0 Å². The van der Waals surface area contributed by atoms with Crippen LogP contribution in [0.15, 0.2) is 146 Å². The molecule has 0 aromatic carbocycles. The second-order valence-electron chi connectivity index (χ2n) is 19.0. The molecule has 0 heterocycles. The first kappa shape index (κ1) is 73.4. The zero-order valence-corrected chi connectivity index (χ0v) is 49.5. The standard InChI is InChI=1S/C66H105O11P/c1-4-7-10-13-16-19-22-25-28-30-31-33-36-39-42-45-48-51-54-57-66(70)77-63(59-73-64(68)55-52-49-46-43-40-37-34-27-24-21-18-15-12-9-6-3)61-75-78(71,72)74-60-62(58-67)76-65(69)56-53-50-47-44-41-38-35-32-29-26-23-20-17-14-11-8-5-2/h7-12,16-21,25-29,31,33-35,38,40,43,62-63,67H,4-6,13-15,22-24,30,32,36-37,39,41-42,44-61H2,1-3H3,(H,71,72)/b10-7-,11-8-,12-9-,19-16-,20-17-,21-18-,28-25-,29-26-,33-31-,34-27-,38-35-,43-40-. The van der Waals surface area contributed by atoms with Crippen molar-refractivity contribution in [1.82, 2.24) is 0 Å². The highest BCUT2D eigenvalue weighted by molar-refractivity contribution is 7.47. The first-order valence-corrected chi connectivity index (χ1v) is 31.2. The molecular formula is C66H105O11P. The van der Waals surface area contributed by atoms with Gasteiger partial charge in [0.15, 0.2) is 6.10 Å². The van der Waals surface area contributed by atoms with E-state index in [0.717, 1.165) is 154 Å². The van der Waals surface area contributed by atoms with Gasteiger partial charge in [-0.1, -0.05) is 205 Å². The number of aliphatic hydroxyl groups excluding tert-OH is 1. The number of unbranched alkanes of at least 4 members (excludes halogenated alkanes) is 12. The Morgan fingerprint density at radius 3 is 0.987 bits per heavy atom. The van der Waals surface area contributed by atoms with E-state index in [1.807, 2.05) is 0 Å². The van der Waals surface area contributed by atoms with Gasteiger partial charge in [0.25, 0.3) is 0 Å². The number of allylic oxidation sites excluding steroid dienone is 24. The number of carbonyl (C=O) groups excluding carboxylic acids is 3. The summed E-state index contributed by atoms with van der Waals surface area (Å²) in [7, 11) is -4.78. The number of rotatable bonds is 53. The van der Waals surface area contributed by atoms with Crippen molar-refractivity contribution in [2.45, 2.75) is 226 Å². The molecule has 12 heteroatoms. The van der Waals surface area contributed by atoms with E-state index in [9.17, 15) is 28.9 Å². The van der Waals surface area contributed by atoms with Gasteiger partial charge in [0.05, 0.1) is 19.8 Å². The molecule has 0 bridgehead atoms. The molecule has 0 amide bonds. The number of ether oxygens (including phenoxy) is 3. The van der Waals surface area contributed by atoms with Crippen LogP contribution in [0, 0.1) is 0 Å². The van der Waals surface area contributed by atoms with Gasteiger partial charge in [-0.05, 0) is 135 Å². The minimum atomic E-state index is -4.78. The van der Waals surface area contributed by atoms with Gasteiger partial charge in [0.1, 0.15) is 12.7 Å². The molecule has 0 aromatic heterocycles. The van der Waals surface area contributed by atoms with Gasteiger partial charge in [0, 0.05) is 19.3 Å². The maximum atomic E-state index is 12.9. The Morgan fingerprint density at radius 1 is 0.359 bits per heavy atom. The zero-order chi connectivity index (χ0) is 56.9. The van der Waals surface area contributed by atoms with Crippen LogP contribution in [0.2, 0.25) is 0 Å². The van der Waals surface area contributed by atoms with E-state index in [-0.39, 0.29) is 25.9 Å². The first-order valence-electron chi connectivity index (χ1n) is 29.7. The van der Waals surface area contributed by atoms with E-state index in [2.05, 4.69) is 167 Å². The van der Waals surface area contributed by atoms with Crippen LogP contribution in [-0.4, -0.2) is 66.5 Å². The molecule has 2 N–H and O–H groups in total. The molecule has 0 saturated carbocycles. The van der Waals surface area contributed by atoms with Crippen molar-refractivity contribution in [2.24, 2.45) is 0 Å². The Morgan fingerprint density at radius 2 is 0.628 bits per heavy atom. The fourth-order valence-corrected chi connectivity index (χ4v) is 8.11. The monoisotopic (exact) mass is 1100 g/mol. The van der Waals surface area contributed by atoms with Crippen molar-refractivity contribution in [1.29, 1.82) is 0 Å². The number of hydrogen-bond donors (Lipinski definition) is 2. The summed E-state index contributed by atoms with van der Waals surface area (Å²) in [6.07, 6.45) is 75.2. The van der Waals surface area contributed by atoms with E-state index < -0.39 is 57.8 Å². The number of phosphoric ester groups is 1. The molecule has 0 saturated heterocycles. The molecule has 3 unspecified atom stereocenters. The van der Waals surface area contributed by atoms with E-state index >= 15 is 0 Å². The van der Waals surface area contributed by atoms with Crippen molar-refractivity contribution >= 4 is 25.7 Å². The number of hydrogen-bond acceptors (Lipinski definition) is 10. The highest BCUT2D eigenvalue weighted by atomic mass is 31.2. The molecule has 0 aromatic rings. The third-order valence-electron chi connectivity index (χ3n) is 11.7. The molecule has 0 rings (SSSR count). The van der Waals surface area contributed by atoms with Crippen LogP contribution in [0.5, 0.6) is 0 Å². The predicted molar refractivity (Wildman–Crippen MR) is 325 cm³/mol. The quantitative estimate of drug-likeness (QED) is 0.0197. The summed E-state index contributed by atoms with van der Waals surface area (Å²) in [6.45, 7) is 4.19. The third-order valence-corrected chi connectivity index (χ3v) is 12.7. The average Bonchev–Trinajstić information content (AvgIpc) is 3.43. The molecule has 11 nitrogen and oxygen atoms in total. The minimum absolute atomic E-state index is 0.132. The van der Waals surface area contributed by atoms with Crippen molar-refractivity contribution in [2.75, 3.05) is 26.4 Å². The summed E-state index contributed by atoms with van der Waals surface area (Å²) in [5.41, 5.74) is 0. The molecule has 0 aliphatic carbocycles. The first-order chi connectivity index (χ1) is 38.2. The Labute approximate surface area is 473 Å². The molecule has 0 aliphatic heterocycles. The van der Waals surface area contributed by atoms with Crippen LogP contribution in [0.1, 0.15) is 213 Å². The van der Waals surface area contributed by atoms with Crippen molar-refractivity contribution in [3.05, 3.63) is 146 Å². The lowest BCUT2D eigenvalue weighted by molar-refractivity contribution is -0.161. The molecule has 0 aliphatic rings.